The standard InChI is InChI=1S/C14H19N3OS/c1-3-5-11(12-6-4-9-19-12)16-14-10(15)7-8-13(17-14)18-2/h4,6-9,11H,3,5,15H2,1-2H3,(H,16,17). The molecular formula is C14H19N3OS. The summed E-state index contributed by atoms with van der Waals surface area (Å²) >= 11 is 1.74. The Morgan fingerprint density at radius 1 is 1.42 bits per heavy atom. The zero-order valence-corrected chi connectivity index (χ0v) is 12.0. The second kappa shape index (κ2) is 6.43. The van der Waals surface area contributed by atoms with Crippen LogP contribution in [0.3, 0.4) is 0 Å². The molecule has 0 aliphatic carbocycles. The number of nitrogens with one attached hydrogen (secondary N) is 1. The number of nitrogens with zero attached hydrogens (tertiary/aromatic N) is 1. The van der Waals surface area contributed by atoms with Gasteiger partial charge in [0.05, 0.1) is 18.8 Å². The smallest absolute Gasteiger partial charge is 0.215 e. The minimum Gasteiger partial charge on any atom is -0.481 e. The molecule has 0 bridgehead atoms. The van der Waals surface area contributed by atoms with Crippen LogP contribution >= 0.6 is 11.3 Å². The molecule has 4 nitrogen and oxygen atoms in total. The molecule has 2 heterocycles. The molecule has 5 heteroatoms. The van der Waals surface area contributed by atoms with E-state index >= 15 is 0 Å². The summed E-state index contributed by atoms with van der Waals surface area (Å²) in [6, 6.07) is 8.01. The number of hydrogen-bond donors (Lipinski definition) is 2. The Labute approximate surface area is 117 Å². The average Bonchev–Trinajstić information content (AvgIpc) is 2.94. The van der Waals surface area contributed by atoms with E-state index in [0.717, 1.165) is 12.8 Å². The number of nitrogen functional groups attached to an aromatic ring is 1. The van der Waals surface area contributed by atoms with Gasteiger partial charge in [0.15, 0.2) is 5.82 Å². The highest BCUT2D eigenvalue weighted by atomic mass is 32.1. The van der Waals surface area contributed by atoms with E-state index in [0.29, 0.717) is 17.4 Å². The van der Waals surface area contributed by atoms with Crippen LogP contribution in [0.1, 0.15) is 30.7 Å². The number of thiophene rings is 1. The van der Waals surface area contributed by atoms with Crippen LogP contribution in [0.4, 0.5) is 11.5 Å². The molecule has 0 aromatic carbocycles. The number of pyridine rings is 1. The second-order valence-electron chi connectivity index (χ2n) is 4.29. The number of nitrogens with two attached hydrogens (primary N) is 1. The molecule has 3 N–H and O–H groups in total. The fraction of sp³-hybridized carbons (Fsp3) is 0.357. The maximum Gasteiger partial charge on any atom is 0.215 e. The molecule has 0 amide bonds. The number of rotatable bonds is 6. The van der Waals surface area contributed by atoms with Crippen molar-refractivity contribution in [1.82, 2.24) is 4.98 Å². The highest BCUT2D eigenvalue weighted by molar-refractivity contribution is 7.10. The van der Waals surface area contributed by atoms with Crippen LogP contribution in [0.5, 0.6) is 5.88 Å². The number of anilines is 2. The van der Waals surface area contributed by atoms with Gasteiger partial charge in [0.2, 0.25) is 5.88 Å². The van der Waals surface area contributed by atoms with Crippen LogP contribution in [-0.2, 0) is 0 Å². The van der Waals surface area contributed by atoms with Crippen LogP contribution in [0, 0.1) is 0 Å². The molecule has 0 aliphatic rings. The lowest BCUT2D eigenvalue weighted by atomic mass is 10.1. The molecule has 102 valence electrons. The third kappa shape index (κ3) is 3.38. The average molecular weight is 277 g/mol. The maximum absolute atomic E-state index is 5.96. The first-order valence-electron chi connectivity index (χ1n) is 6.35. The van der Waals surface area contributed by atoms with Crippen molar-refractivity contribution in [2.24, 2.45) is 0 Å². The van der Waals surface area contributed by atoms with Gasteiger partial charge in [-0.2, -0.15) is 4.98 Å². The van der Waals surface area contributed by atoms with E-state index in [1.165, 1.54) is 4.88 Å². The van der Waals surface area contributed by atoms with Gasteiger partial charge in [-0.25, -0.2) is 0 Å². The highest BCUT2D eigenvalue weighted by Crippen LogP contribution is 2.29. The Morgan fingerprint density at radius 3 is 2.89 bits per heavy atom. The van der Waals surface area contributed by atoms with Gasteiger partial charge < -0.3 is 15.8 Å². The van der Waals surface area contributed by atoms with E-state index in [4.69, 9.17) is 10.5 Å². The monoisotopic (exact) mass is 277 g/mol. The van der Waals surface area contributed by atoms with Crippen LogP contribution in [0.25, 0.3) is 0 Å². The Kier molecular flexibility index (Phi) is 4.63. The molecular weight excluding hydrogens is 258 g/mol. The summed E-state index contributed by atoms with van der Waals surface area (Å²) in [5.74, 6) is 1.25. The molecule has 0 saturated carbocycles. The molecule has 0 aliphatic heterocycles. The number of aromatic nitrogens is 1. The molecule has 2 rings (SSSR count). The molecule has 0 fully saturated rings. The van der Waals surface area contributed by atoms with E-state index in [-0.39, 0.29) is 6.04 Å². The third-order valence-corrected chi connectivity index (χ3v) is 3.87. The molecule has 0 saturated heterocycles. The Balaban J connectivity index is 2.21. The first-order chi connectivity index (χ1) is 9.24. The number of methoxy groups -OCH3 is 1. The van der Waals surface area contributed by atoms with Crippen molar-refractivity contribution < 1.29 is 4.74 Å². The van der Waals surface area contributed by atoms with Crippen molar-refractivity contribution in [2.75, 3.05) is 18.2 Å². The molecule has 2 aromatic heterocycles. The lowest BCUT2D eigenvalue weighted by Crippen LogP contribution is -2.12. The minimum absolute atomic E-state index is 0.243. The largest absolute Gasteiger partial charge is 0.481 e. The fourth-order valence-corrected chi connectivity index (χ4v) is 2.72. The van der Waals surface area contributed by atoms with Crippen molar-refractivity contribution >= 4 is 22.8 Å². The summed E-state index contributed by atoms with van der Waals surface area (Å²) in [7, 11) is 1.60. The summed E-state index contributed by atoms with van der Waals surface area (Å²) in [4.78, 5) is 5.67. The van der Waals surface area contributed by atoms with Crippen molar-refractivity contribution in [2.45, 2.75) is 25.8 Å². The first kappa shape index (κ1) is 13.7. The second-order valence-corrected chi connectivity index (χ2v) is 5.27. The minimum atomic E-state index is 0.243. The normalized spacial score (nSPS) is 12.1. The van der Waals surface area contributed by atoms with Gasteiger partial charge >= 0.3 is 0 Å². The zero-order valence-electron chi connectivity index (χ0n) is 11.2. The lowest BCUT2D eigenvalue weighted by Gasteiger charge is -2.18. The number of hydrogen-bond acceptors (Lipinski definition) is 5. The zero-order chi connectivity index (χ0) is 13.7. The van der Waals surface area contributed by atoms with Crippen molar-refractivity contribution in [3.05, 3.63) is 34.5 Å². The van der Waals surface area contributed by atoms with Gasteiger partial charge in [0, 0.05) is 10.9 Å². The molecule has 19 heavy (non-hydrogen) atoms. The topological polar surface area (TPSA) is 60.2 Å². The van der Waals surface area contributed by atoms with E-state index in [9.17, 15) is 0 Å². The molecule has 1 atom stereocenters. The quantitative estimate of drug-likeness (QED) is 0.845. The summed E-state index contributed by atoms with van der Waals surface area (Å²) in [5, 5.41) is 5.50. The van der Waals surface area contributed by atoms with Gasteiger partial charge in [0.1, 0.15) is 0 Å². The Morgan fingerprint density at radius 2 is 2.26 bits per heavy atom. The van der Waals surface area contributed by atoms with Crippen molar-refractivity contribution in [1.29, 1.82) is 0 Å². The summed E-state index contributed by atoms with van der Waals surface area (Å²) in [6.07, 6.45) is 2.14. The van der Waals surface area contributed by atoms with Crippen molar-refractivity contribution in [3.63, 3.8) is 0 Å². The van der Waals surface area contributed by atoms with E-state index in [1.54, 1.807) is 24.5 Å². The Hall–Kier alpha value is -1.75. The fourth-order valence-electron chi connectivity index (χ4n) is 1.91. The van der Waals surface area contributed by atoms with Gasteiger partial charge in [-0.1, -0.05) is 19.4 Å². The molecule has 0 spiro atoms. The predicted octanol–water partition coefficient (Wildman–Crippen LogP) is 3.69. The molecule has 0 radical (unpaired) electrons. The Bertz CT molecular complexity index is 513. The molecule has 2 aromatic rings. The lowest BCUT2D eigenvalue weighted by molar-refractivity contribution is 0.398. The third-order valence-electron chi connectivity index (χ3n) is 2.88. The highest BCUT2D eigenvalue weighted by Gasteiger charge is 2.14. The van der Waals surface area contributed by atoms with Crippen LogP contribution in [-0.4, -0.2) is 12.1 Å². The summed E-state index contributed by atoms with van der Waals surface area (Å²) in [6.45, 7) is 2.17. The van der Waals surface area contributed by atoms with Gasteiger partial charge in [-0.3, -0.25) is 0 Å². The summed E-state index contributed by atoms with van der Waals surface area (Å²) < 4.78 is 5.14. The van der Waals surface area contributed by atoms with Gasteiger partial charge in [-0.15, -0.1) is 11.3 Å². The van der Waals surface area contributed by atoms with E-state index < -0.39 is 0 Å². The molecule has 1 unspecified atom stereocenters. The summed E-state index contributed by atoms with van der Waals surface area (Å²) in [5.41, 5.74) is 6.60. The van der Waals surface area contributed by atoms with Crippen LogP contribution < -0.4 is 15.8 Å². The van der Waals surface area contributed by atoms with Gasteiger partial charge in [0.25, 0.3) is 0 Å². The van der Waals surface area contributed by atoms with Crippen molar-refractivity contribution in [3.8, 4) is 5.88 Å². The van der Waals surface area contributed by atoms with Crippen LogP contribution in [0.2, 0.25) is 0 Å². The van der Waals surface area contributed by atoms with Crippen LogP contribution in [0.15, 0.2) is 29.6 Å². The van der Waals surface area contributed by atoms with E-state index in [2.05, 4.69) is 34.7 Å². The van der Waals surface area contributed by atoms with Gasteiger partial charge in [-0.05, 0) is 23.9 Å². The SMILES string of the molecule is CCCC(Nc1nc(OC)ccc1N)c1cccs1. The maximum atomic E-state index is 5.96. The van der Waals surface area contributed by atoms with E-state index in [1.807, 2.05) is 6.07 Å². The number of ether oxygens (including phenoxy) is 1. The predicted molar refractivity (Wildman–Crippen MR) is 80.8 cm³/mol. The first-order valence-corrected chi connectivity index (χ1v) is 7.23.